The van der Waals surface area contributed by atoms with Gasteiger partial charge in [-0.15, -0.1) is 0 Å². The minimum absolute atomic E-state index is 0.0508. The molecule has 0 fully saturated rings. The molecule has 0 saturated carbocycles. The highest BCUT2D eigenvalue weighted by Gasteiger charge is 2.23. The largest absolute Gasteiger partial charge is 0.370 e. The lowest BCUT2D eigenvalue weighted by atomic mass is 9.88. The van der Waals surface area contributed by atoms with E-state index < -0.39 is 0 Å². The Hall–Kier alpha value is -4.17. The van der Waals surface area contributed by atoms with Gasteiger partial charge < -0.3 is 10.3 Å². The molecule has 0 saturated heterocycles. The molecule has 4 aromatic rings. The van der Waals surface area contributed by atoms with Crippen LogP contribution in [0.25, 0.3) is 0 Å². The summed E-state index contributed by atoms with van der Waals surface area (Å²) in [5.74, 6) is 0.858. The number of nitrogens with zero attached hydrogens (tertiary/aromatic N) is 3. The molecule has 0 radical (unpaired) electrons. The van der Waals surface area contributed by atoms with Gasteiger partial charge in [-0.2, -0.15) is 5.26 Å². The topological polar surface area (TPSA) is 84.7 Å². The van der Waals surface area contributed by atoms with Gasteiger partial charge in [-0.25, -0.2) is 4.98 Å². The van der Waals surface area contributed by atoms with E-state index in [-0.39, 0.29) is 11.8 Å². The highest BCUT2D eigenvalue weighted by atomic mass is 16.1. The number of rotatable bonds is 5. The molecular weight excluding hydrogens is 432 g/mol. The summed E-state index contributed by atoms with van der Waals surface area (Å²) in [5, 5.41) is 8.84. The molecule has 1 aromatic heterocycles. The first-order valence-electron chi connectivity index (χ1n) is 12.0. The molecule has 2 heterocycles. The van der Waals surface area contributed by atoms with Crippen LogP contribution in [0.4, 0.5) is 0 Å². The van der Waals surface area contributed by atoms with Gasteiger partial charge in [0.1, 0.15) is 5.82 Å². The molecule has 1 aliphatic heterocycles. The van der Waals surface area contributed by atoms with Crippen molar-refractivity contribution in [1.29, 1.82) is 5.26 Å². The van der Waals surface area contributed by atoms with Crippen molar-refractivity contribution in [3.8, 4) is 6.07 Å². The predicted molar refractivity (Wildman–Crippen MR) is 138 cm³/mol. The van der Waals surface area contributed by atoms with E-state index in [2.05, 4.69) is 34.7 Å². The van der Waals surface area contributed by atoms with Crippen molar-refractivity contribution in [3.05, 3.63) is 125 Å². The monoisotopic (exact) mass is 462 g/mol. The van der Waals surface area contributed by atoms with Gasteiger partial charge in [-0.1, -0.05) is 72.8 Å². The third-order valence-electron chi connectivity index (χ3n) is 6.51. The van der Waals surface area contributed by atoms with E-state index in [9.17, 15) is 4.79 Å². The zero-order valence-corrected chi connectivity index (χ0v) is 20.0. The Morgan fingerprint density at radius 2 is 1.63 bits per heavy atom. The van der Waals surface area contributed by atoms with Crippen LogP contribution < -0.4 is 5.73 Å². The zero-order chi connectivity index (χ0) is 24.6. The lowest BCUT2D eigenvalue weighted by Crippen LogP contribution is -2.19. The van der Waals surface area contributed by atoms with Crippen molar-refractivity contribution in [3.63, 3.8) is 0 Å². The fourth-order valence-corrected chi connectivity index (χ4v) is 4.81. The number of aromatic nitrogens is 2. The van der Waals surface area contributed by atoms with Crippen LogP contribution >= 0.6 is 0 Å². The maximum atomic E-state index is 11.2. The van der Waals surface area contributed by atoms with Crippen molar-refractivity contribution in [2.24, 2.45) is 5.73 Å². The van der Waals surface area contributed by atoms with Crippen LogP contribution in [-0.2, 0) is 11.2 Å². The third-order valence-corrected chi connectivity index (χ3v) is 6.51. The molecule has 176 valence electrons. The van der Waals surface area contributed by atoms with Gasteiger partial charge in [-0.05, 0) is 55.0 Å². The number of imidazole rings is 1. The molecule has 5 heteroatoms. The Morgan fingerprint density at radius 1 is 1.03 bits per heavy atom. The summed E-state index contributed by atoms with van der Waals surface area (Å²) in [6.45, 7) is 2.06. The van der Waals surface area contributed by atoms with Gasteiger partial charge >= 0.3 is 0 Å². The van der Waals surface area contributed by atoms with Gasteiger partial charge in [0.15, 0.2) is 0 Å². The number of carbonyl (C=O) groups is 1. The minimum Gasteiger partial charge on any atom is -0.370 e. The molecule has 0 spiro atoms. The fourth-order valence-electron chi connectivity index (χ4n) is 4.81. The molecule has 1 unspecified atom stereocenters. The van der Waals surface area contributed by atoms with Gasteiger partial charge in [0.2, 0.25) is 5.91 Å². The first kappa shape index (κ1) is 24.0. The standard InChI is InChI=1S/C15H15N3.C15H15NO/c1-11-17-10-14-3-2-4-15(18(11)14)13-7-5-12(9-16)6-8-13;16-15(17)11-14(12-7-3-1-4-8-12)13-9-5-2-6-10-13/h5-8,10,15H,2-4H2,1H3;1-10,14H,11H2,(H2,16,17). The van der Waals surface area contributed by atoms with Crippen molar-refractivity contribution < 1.29 is 4.79 Å². The Bertz CT molecular complexity index is 1250. The fraction of sp³-hybridized carbons (Fsp3) is 0.233. The number of nitriles is 1. The maximum absolute atomic E-state index is 11.2. The molecule has 1 amide bonds. The molecule has 5 nitrogen and oxygen atoms in total. The Kier molecular flexibility index (Phi) is 7.74. The summed E-state index contributed by atoms with van der Waals surface area (Å²) in [4.78, 5) is 15.6. The first-order valence-corrected chi connectivity index (χ1v) is 12.0. The van der Waals surface area contributed by atoms with Gasteiger partial charge in [0.25, 0.3) is 0 Å². The average molecular weight is 463 g/mol. The van der Waals surface area contributed by atoms with Crippen molar-refractivity contribution in [1.82, 2.24) is 9.55 Å². The van der Waals surface area contributed by atoms with Crippen LogP contribution in [0.1, 0.15) is 65.0 Å². The second-order valence-electron chi connectivity index (χ2n) is 8.85. The number of carbonyl (C=O) groups excluding carboxylic acids is 1. The first-order chi connectivity index (χ1) is 17.1. The van der Waals surface area contributed by atoms with Gasteiger partial charge in [-0.3, -0.25) is 4.79 Å². The van der Waals surface area contributed by atoms with E-state index in [0.717, 1.165) is 35.4 Å². The average Bonchev–Trinajstić information content (AvgIpc) is 3.29. The van der Waals surface area contributed by atoms with Crippen LogP contribution in [-0.4, -0.2) is 15.5 Å². The molecular formula is C30H30N4O. The van der Waals surface area contributed by atoms with Gasteiger partial charge in [0.05, 0.1) is 17.7 Å². The number of nitrogens with two attached hydrogens (primary N) is 1. The quantitative estimate of drug-likeness (QED) is 0.414. The molecule has 5 rings (SSSR count). The number of hydrogen-bond donors (Lipinski definition) is 1. The summed E-state index contributed by atoms with van der Waals surface area (Å²) in [7, 11) is 0. The van der Waals surface area contributed by atoms with Crippen LogP contribution in [0.2, 0.25) is 0 Å². The minimum atomic E-state index is -0.275. The molecule has 0 bridgehead atoms. The van der Waals surface area contributed by atoms with Crippen LogP contribution in [0.3, 0.4) is 0 Å². The van der Waals surface area contributed by atoms with E-state index in [1.165, 1.54) is 17.7 Å². The van der Waals surface area contributed by atoms with E-state index in [1.807, 2.05) is 79.0 Å². The summed E-state index contributed by atoms with van der Waals surface area (Å²) < 4.78 is 2.34. The van der Waals surface area contributed by atoms with Crippen LogP contribution in [0, 0.1) is 18.3 Å². The van der Waals surface area contributed by atoms with Gasteiger partial charge in [0, 0.05) is 24.2 Å². The lowest BCUT2D eigenvalue weighted by Gasteiger charge is -2.27. The summed E-state index contributed by atoms with van der Waals surface area (Å²) in [6, 6.07) is 30.4. The van der Waals surface area contributed by atoms with E-state index in [1.54, 1.807) is 0 Å². The van der Waals surface area contributed by atoms with E-state index >= 15 is 0 Å². The number of amides is 1. The number of hydrogen-bond acceptors (Lipinski definition) is 3. The second kappa shape index (κ2) is 11.3. The maximum Gasteiger partial charge on any atom is 0.218 e. The van der Waals surface area contributed by atoms with E-state index in [4.69, 9.17) is 11.0 Å². The smallest absolute Gasteiger partial charge is 0.218 e. The van der Waals surface area contributed by atoms with Crippen molar-refractivity contribution in [2.45, 2.75) is 44.6 Å². The molecule has 35 heavy (non-hydrogen) atoms. The highest BCUT2D eigenvalue weighted by molar-refractivity contribution is 5.75. The van der Waals surface area contributed by atoms with Crippen LogP contribution in [0.15, 0.2) is 91.1 Å². The molecule has 1 aliphatic rings. The van der Waals surface area contributed by atoms with Crippen molar-refractivity contribution >= 4 is 5.91 Å². The number of aryl methyl sites for hydroxylation is 2. The van der Waals surface area contributed by atoms with Crippen molar-refractivity contribution in [2.75, 3.05) is 0 Å². The Morgan fingerprint density at radius 3 is 2.17 bits per heavy atom. The molecule has 1 atom stereocenters. The Labute approximate surface area is 206 Å². The summed E-state index contributed by atoms with van der Waals surface area (Å²) >= 11 is 0. The lowest BCUT2D eigenvalue weighted by molar-refractivity contribution is -0.118. The number of primary amides is 1. The predicted octanol–water partition coefficient (Wildman–Crippen LogP) is 5.68. The third kappa shape index (κ3) is 5.85. The second-order valence-corrected chi connectivity index (χ2v) is 8.85. The SMILES string of the molecule is Cc1ncc2n1C(c1ccc(C#N)cc1)CCC2.NC(=O)CC(c1ccccc1)c1ccccc1. The summed E-state index contributed by atoms with van der Waals surface area (Å²) in [6.07, 6.45) is 5.80. The molecule has 0 aliphatic carbocycles. The Balaban J connectivity index is 0.000000165. The summed E-state index contributed by atoms with van der Waals surface area (Å²) in [5.41, 5.74) is 10.9. The van der Waals surface area contributed by atoms with Crippen LogP contribution in [0.5, 0.6) is 0 Å². The van der Waals surface area contributed by atoms with E-state index in [0.29, 0.717) is 12.5 Å². The normalized spacial score (nSPS) is 14.4. The number of fused-ring (bicyclic) bond motifs is 1. The molecule has 3 aromatic carbocycles. The highest BCUT2D eigenvalue weighted by Crippen LogP contribution is 2.32. The number of benzene rings is 3. The molecule has 2 N–H and O–H groups in total. The zero-order valence-electron chi connectivity index (χ0n) is 20.0.